The van der Waals surface area contributed by atoms with Crippen molar-refractivity contribution in [2.24, 2.45) is 0 Å². The summed E-state index contributed by atoms with van der Waals surface area (Å²) in [7, 11) is 0. The maximum Gasteiger partial charge on any atom is 0.337 e. The average molecular weight is 392 g/mol. The molecule has 0 aliphatic carbocycles. The van der Waals surface area contributed by atoms with E-state index in [4.69, 9.17) is 20.1 Å². The maximum absolute atomic E-state index is 11.4. The number of aliphatic carboxylic acids is 3. The SMILES string of the molecule is O=C(O)CC(CC(=O)O)(OC(O)CCCCCCCCCCCO)C(=O)O. The van der Waals surface area contributed by atoms with Gasteiger partial charge >= 0.3 is 17.9 Å². The lowest BCUT2D eigenvalue weighted by Crippen LogP contribution is -2.48. The van der Waals surface area contributed by atoms with Crippen molar-refractivity contribution in [3.05, 3.63) is 0 Å². The highest BCUT2D eigenvalue weighted by Crippen LogP contribution is 2.25. The summed E-state index contributed by atoms with van der Waals surface area (Å²) >= 11 is 0. The molecule has 0 bridgehead atoms. The van der Waals surface area contributed by atoms with Crippen LogP contribution in [-0.2, 0) is 19.1 Å². The second-order valence-electron chi connectivity index (χ2n) is 6.71. The summed E-state index contributed by atoms with van der Waals surface area (Å²) in [5.41, 5.74) is -2.49. The molecule has 0 spiro atoms. The van der Waals surface area contributed by atoms with Crippen LogP contribution >= 0.6 is 0 Å². The minimum Gasteiger partial charge on any atom is -0.481 e. The summed E-state index contributed by atoms with van der Waals surface area (Å²) in [5.74, 6) is -4.78. The Hall–Kier alpha value is -1.71. The highest BCUT2D eigenvalue weighted by molar-refractivity contribution is 5.88. The van der Waals surface area contributed by atoms with Crippen molar-refractivity contribution in [1.29, 1.82) is 0 Å². The number of carboxylic acids is 3. The van der Waals surface area contributed by atoms with Crippen LogP contribution in [0.3, 0.4) is 0 Å². The number of rotatable bonds is 18. The molecule has 9 heteroatoms. The summed E-state index contributed by atoms with van der Waals surface area (Å²) in [6.07, 6.45) is 4.94. The average Bonchev–Trinajstić information content (AvgIpc) is 2.55. The molecule has 0 aliphatic heterocycles. The molecule has 0 heterocycles. The van der Waals surface area contributed by atoms with E-state index in [9.17, 15) is 24.6 Å². The first-order valence-corrected chi connectivity index (χ1v) is 9.37. The maximum atomic E-state index is 11.4. The van der Waals surface area contributed by atoms with Gasteiger partial charge in [0.1, 0.15) is 0 Å². The summed E-state index contributed by atoms with van der Waals surface area (Å²) in [6, 6.07) is 0. The number of aliphatic hydroxyl groups is 2. The lowest BCUT2D eigenvalue weighted by atomic mass is 9.95. The van der Waals surface area contributed by atoms with E-state index in [0.29, 0.717) is 6.42 Å². The van der Waals surface area contributed by atoms with E-state index >= 15 is 0 Å². The van der Waals surface area contributed by atoms with Crippen LogP contribution in [0.2, 0.25) is 0 Å². The zero-order valence-corrected chi connectivity index (χ0v) is 15.6. The number of ether oxygens (including phenoxy) is 1. The molecule has 0 saturated carbocycles. The molecule has 0 aromatic rings. The normalized spacial score (nSPS) is 12.7. The van der Waals surface area contributed by atoms with Crippen LogP contribution in [0.4, 0.5) is 0 Å². The summed E-state index contributed by atoms with van der Waals surface area (Å²) in [4.78, 5) is 33.2. The molecule has 0 aliphatic rings. The van der Waals surface area contributed by atoms with Gasteiger partial charge in [0.25, 0.3) is 0 Å². The Bertz CT molecular complexity index is 434. The Morgan fingerprint density at radius 2 is 1.15 bits per heavy atom. The monoisotopic (exact) mass is 392 g/mol. The van der Waals surface area contributed by atoms with E-state index in [0.717, 1.165) is 51.4 Å². The Morgan fingerprint density at radius 1 is 0.741 bits per heavy atom. The zero-order valence-electron chi connectivity index (χ0n) is 15.6. The smallest absolute Gasteiger partial charge is 0.337 e. The second kappa shape index (κ2) is 14.4. The van der Waals surface area contributed by atoms with Crippen LogP contribution in [0, 0.1) is 0 Å². The molecule has 0 saturated heterocycles. The predicted molar refractivity (Wildman–Crippen MR) is 95.2 cm³/mol. The molecule has 158 valence electrons. The van der Waals surface area contributed by atoms with Crippen molar-refractivity contribution in [3.8, 4) is 0 Å². The van der Waals surface area contributed by atoms with Gasteiger partial charge in [-0.2, -0.15) is 0 Å². The van der Waals surface area contributed by atoms with Gasteiger partial charge in [-0.3, -0.25) is 9.59 Å². The third kappa shape index (κ3) is 12.3. The van der Waals surface area contributed by atoms with Crippen molar-refractivity contribution in [2.45, 2.75) is 88.9 Å². The first kappa shape index (κ1) is 25.3. The fourth-order valence-electron chi connectivity index (χ4n) is 2.82. The van der Waals surface area contributed by atoms with Crippen LogP contribution < -0.4 is 0 Å². The molecule has 9 nitrogen and oxygen atoms in total. The predicted octanol–water partition coefficient (Wildman–Crippen LogP) is 1.99. The Morgan fingerprint density at radius 3 is 1.52 bits per heavy atom. The van der Waals surface area contributed by atoms with Gasteiger partial charge in [-0.1, -0.05) is 44.9 Å². The number of aliphatic hydroxyl groups excluding tert-OH is 2. The highest BCUT2D eigenvalue weighted by Gasteiger charge is 2.46. The van der Waals surface area contributed by atoms with Gasteiger partial charge in [0.2, 0.25) is 0 Å². The number of unbranched alkanes of at least 4 members (excludes halogenated alkanes) is 8. The van der Waals surface area contributed by atoms with Crippen molar-refractivity contribution < 1.29 is 44.7 Å². The quantitative estimate of drug-likeness (QED) is 0.173. The molecule has 5 N–H and O–H groups in total. The number of carbonyl (C=O) groups is 3. The van der Waals surface area contributed by atoms with Gasteiger partial charge < -0.3 is 30.3 Å². The van der Waals surface area contributed by atoms with E-state index < -0.39 is 42.6 Å². The van der Waals surface area contributed by atoms with Crippen LogP contribution in [0.1, 0.15) is 77.0 Å². The van der Waals surface area contributed by atoms with Gasteiger partial charge in [0.05, 0.1) is 12.8 Å². The molecule has 0 rings (SSSR count). The Labute approximate surface area is 159 Å². The third-order valence-electron chi connectivity index (χ3n) is 4.23. The molecule has 27 heavy (non-hydrogen) atoms. The van der Waals surface area contributed by atoms with Crippen molar-refractivity contribution >= 4 is 17.9 Å². The van der Waals surface area contributed by atoms with Crippen molar-refractivity contribution in [3.63, 3.8) is 0 Å². The van der Waals surface area contributed by atoms with Gasteiger partial charge in [0, 0.05) is 6.61 Å². The largest absolute Gasteiger partial charge is 0.481 e. The molecular weight excluding hydrogens is 360 g/mol. The van der Waals surface area contributed by atoms with Crippen molar-refractivity contribution in [1.82, 2.24) is 0 Å². The van der Waals surface area contributed by atoms with E-state index in [1.54, 1.807) is 0 Å². The summed E-state index contributed by atoms with van der Waals surface area (Å²) in [6.45, 7) is 0.229. The minimum absolute atomic E-state index is 0.102. The number of hydrogen-bond acceptors (Lipinski definition) is 6. The minimum atomic E-state index is -2.49. The van der Waals surface area contributed by atoms with Crippen molar-refractivity contribution in [2.75, 3.05) is 6.61 Å². The van der Waals surface area contributed by atoms with Gasteiger partial charge in [0.15, 0.2) is 11.9 Å². The molecule has 0 aromatic heterocycles. The van der Waals surface area contributed by atoms with E-state index in [-0.39, 0.29) is 13.0 Å². The summed E-state index contributed by atoms with van der Waals surface area (Å²) < 4.78 is 4.98. The first-order chi connectivity index (χ1) is 12.7. The molecule has 0 fully saturated rings. The van der Waals surface area contributed by atoms with Crippen LogP contribution in [0.25, 0.3) is 0 Å². The Kier molecular flexibility index (Phi) is 13.5. The third-order valence-corrected chi connectivity index (χ3v) is 4.23. The van der Waals surface area contributed by atoms with E-state index in [2.05, 4.69) is 0 Å². The van der Waals surface area contributed by atoms with Gasteiger partial charge in [-0.15, -0.1) is 0 Å². The van der Waals surface area contributed by atoms with E-state index in [1.165, 1.54) is 0 Å². The first-order valence-electron chi connectivity index (χ1n) is 9.37. The zero-order chi connectivity index (χ0) is 20.7. The summed E-state index contributed by atoms with van der Waals surface area (Å²) in [5, 5.41) is 45.5. The highest BCUT2D eigenvalue weighted by atomic mass is 16.6. The number of carboxylic acid groups (broad SMARTS) is 3. The lowest BCUT2D eigenvalue weighted by molar-refractivity contribution is -0.215. The molecule has 1 unspecified atom stereocenters. The molecule has 0 amide bonds. The fourth-order valence-corrected chi connectivity index (χ4v) is 2.82. The lowest BCUT2D eigenvalue weighted by Gasteiger charge is -2.29. The molecular formula is C18H32O9. The molecule has 0 radical (unpaired) electrons. The van der Waals surface area contributed by atoms with Gasteiger partial charge in [-0.05, 0) is 19.3 Å². The number of hydrogen-bond donors (Lipinski definition) is 5. The standard InChI is InChI=1S/C18H32O9/c19-11-9-7-5-3-1-2-4-6-8-10-16(24)27-18(17(25)26,12-14(20)21)13-15(22)23/h16,19,24H,1-13H2,(H,20,21)(H,22,23)(H,25,26). The van der Waals surface area contributed by atoms with Crippen LogP contribution in [0.5, 0.6) is 0 Å². The van der Waals surface area contributed by atoms with Crippen LogP contribution in [-0.4, -0.2) is 61.9 Å². The molecule has 0 aromatic carbocycles. The fraction of sp³-hybridized carbons (Fsp3) is 0.833. The molecule has 1 atom stereocenters. The van der Waals surface area contributed by atoms with E-state index in [1.807, 2.05) is 0 Å². The van der Waals surface area contributed by atoms with Gasteiger partial charge in [-0.25, -0.2) is 4.79 Å². The topological polar surface area (TPSA) is 162 Å². The Balaban J connectivity index is 4.19. The second-order valence-corrected chi connectivity index (χ2v) is 6.71. The van der Waals surface area contributed by atoms with Crippen LogP contribution in [0.15, 0.2) is 0 Å².